The summed E-state index contributed by atoms with van der Waals surface area (Å²) < 4.78 is 11.1. The first kappa shape index (κ1) is 24.7. The summed E-state index contributed by atoms with van der Waals surface area (Å²) >= 11 is 0. The Balaban J connectivity index is 1.29. The number of hydrogen-bond donors (Lipinski definition) is 1. The quantitative estimate of drug-likeness (QED) is 0.511. The number of aliphatic hydroxyl groups excluding tert-OH is 1. The highest BCUT2D eigenvalue weighted by Crippen LogP contribution is 2.38. The van der Waals surface area contributed by atoms with Gasteiger partial charge in [0.15, 0.2) is 11.5 Å². The van der Waals surface area contributed by atoms with Crippen LogP contribution in [-0.4, -0.2) is 84.0 Å². The van der Waals surface area contributed by atoms with E-state index in [1.165, 1.54) is 12.8 Å². The molecular formula is C31H36N4O4. The summed E-state index contributed by atoms with van der Waals surface area (Å²) in [4.78, 5) is 26.1. The molecule has 0 radical (unpaired) electrons. The van der Waals surface area contributed by atoms with E-state index in [2.05, 4.69) is 26.8 Å². The third-order valence-corrected chi connectivity index (χ3v) is 8.92. The number of carbonyl (C=O) groups is 1. The summed E-state index contributed by atoms with van der Waals surface area (Å²) in [5.74, 6) is 2.37. The maximum Gasteiger partial charge on any atom is 0.254 e. The van der Waals surface area contributed by atoms with Crippen LogP contribution in [0.15, 0.2) is 42.5 Å². The van der Waals surface area contributed by atoms with Gasteiger partial charge in [0.2, 0.25) is 6.79 Å². The lowest BCUT2D eigenvalue weighted by molar-refractivity contribution is 0.0710. The van der Waals surface area contributed by atoms with Crippen molar-refractivity contribution in [2.75, 3.05) is 51.0 Å². The summed E-state index contributed by atoms with van der Waals surface area (Å²) in [6.07, 6.45) is 6.56. The summed E-state index contributed by atoms with van der Waals surface area (Å²) in [6.45, 7) is 5.20. The number of benzene rings is 2. The van der Waals surface area contributed by atoms with Gasteiger partial charge in [0.1, 0.15) is 5.82 Å². The van der Waals surface area contributed by atoms with Crippen molar-refractivity contribution < 1.29 is 19.4 Å². The molecule has 0 aliphatic carbocycles. The first-order chi connectivity index (χ1) is 19.2. The molecule has 4 aliphatic heterocycles. The van der Waals surface area contributed by atoms with Crippen LogP contribution in [0.4, 0.5) is 5.82 Å². The zero-order valence-electron chi connectivity index (χ0n) is 22.3. The van der Waals surface area contributed by atoms with Gasteiger partial charge in [-0.2, -0.15) is 0 Å². The van der Waals surface area contributed by atoms with Crippen LogP contribution < -0.4 is 14.4 Å². The van der Waals surface area contributed by atoms with Crippen LogP contribution >= 0.6 is 0 Å². The molecule has 0 saturated carbocycles. The highest BCUT2D eigenvalue weighted by molar-refractivity contribution is 6.08. The predicted octanol–water partition coefficient (Wildman–Crippen LogP) is 4.29. The topological polar surface area (TPSA) is 78.4 Å². The second kappa shape index (κ2) is 10.3. The normalized spacial score (nSPS) is 22.9. The number of amides is 1. The molecule has 8 heteroatoms. The van der Waals surface area contributed by atoms with Crippen LogP contribution in [0.5, 0.6) is 11.5 Å². The van der Waals surface area contributed by atoms with Gasteiger partial charge < -0.3 is 29.3 Å². The number of pyridine rings is 1. The summed E-state index contributed by atoms with van der Waals surface area (Å²) in [6, 6.07) is 14.4. The molecule has 2 atom stereocenters. The van der Waals surface area contributed by atoms with Gasteiger partial charge in [0, 0.05) is 31.1 Å². The average molecular weight is 529 g/mol. The van der Waals surface area contributed by atoms with Crippen LogP contribution in [-0.2, 0) is 0 Å². The molecule has 39 heavy (non-hydrogen) atoms. The molecule has 8 nitrogen and oxygen atoms in total. The van der Waals surface area contributed by atoms with Crippen molar-refractivity contribution in [1.82, 2.24) is 14.8 Å². The Morgan fingerprint density at radius 3 is 2.51 bits per heavy atom. The van der Waals surface area contributed by atoms with Crippen molar-refractivity contribution in [3.63, 3.8) is 0 Å². The van der Waals surface area contributed by atoms with Crippen molar-refractivity contribution >= 4 is 22.6 Å². The minimum Gasteiger partial charge on any atom is -0.454 e. The van der Waals surface area contributed by atoms with E-state index >= 15 is 0 Å². The smallest absolute Gasteiger partial charge is 0.254 e. The standard InChI is InChI=1S/C31H36N4O4/c36-19-24-6-4-13-34(24)30-17-26(31(37)35-14-3-5-23(35)18-33-11-1-2-12-33)25-15-21(7-9-27(25)32-30)22-8-10-28-29(16-22)39-20-38-28/h7-10,15-17,23-24,36H,1-6,11-14,18-20H2/t23-,24+/m0/s1. The Kier molecular flexibility index (Phi) is 6.52. The second-order valence-corrected chi connectivity index (χ2v) is 11.3. The zero-order valence-corrected chi connectivity index (χ0v) is 22.3. The molecule has 0 spiro atoms. The van der Waals surface area contributed by atoms with E-state index in [-0.39, 0.29) is 31.4 Å². The van der Waals surface area contributed by atoms with E-state index in [0.29, 0.717) is 5.56 Å². The Morgan fingerprint density at radius 2 is 1.64 bits per heavy atom. The summed E-state index contributed by atoms with van der Waals surface area (Å²) in [5.41, 5.74) is 3.53. The summed E-state index contributed by atoms with van der Waals surface area (Å²) in [7, 11) is 0. The number of anilines is 1. The highest BCUT2D eigenvalue weighted by atomic mass is 16.7. The molecule has 3 saturated heterocycles. The Morgan fingerprint density at radius 1 is 0.872 bits per heavy atom. The molecule has 204 valence electrons. The number of hydrogen-bond acceptors (Lipinski definition) is 7. The third-order valence-electron chi connectivity index (χ3n) is 8.92. The molecule has 5 heterocycles. The van der Waals surface area contributed by atoms with Gasteiger partial charge in [0.05, 0.1) is 23.7 Å². The average Bonchev–Trinajstić information content (AvgIpc) is 3.79. The van der Waals surface area contributed by atoms with Gasteiger partial charge >= 0.3 is 0 Å². The fourth-order valence-electron chi connectivity index (χ4n) is 6.83. The van der Waals surface area contributed by atoms with Gasteiger partial charge in [-0.3, -0.25) is 4.79 Å². The van der Waals surface area contributed by atoms with Gasteiger partial charge in [-0.15, -0.1) is 0 Å². The first-order valence-corrected chi connectivity index (χ1v) is 14.4. The lowest BCUT2D eigenvalue weighted by atomic mass is 9.99. The van der Waals surface area contributed by atoms with E-state index in [0.717, 1.165) is 97.8 Å². The SMILES string of the molecule is O=C(c1cc(N2CCC[C@@H]2CO)nc2ccc(-c3ccc4c(c3)OCO4)cc12)N1CCC[C@H]1CN1CCCC1. The second-order valence-electron chi connectivity index (χ2n) is 11.3. The van der Waals surface area contributed by atoms with Crippen molar-refractivity contribution in [2.24, 2.45) is 0 Å². The summed E-state index contributed by atoms with van der Waals surface area (Å²) in [5, 5.41) is 10.9. The number of likely N-dealkylation sites (tertiary alicyclic amines) is 2. The van der Waals surface area contributed by atoms with E-state index in [1.54, 1.807) is 0 Å². The largest absolute Gasteiger partial charge is 0.454 e. The zero-order chi connectivity index (χ0) is 26.3. The minimum absolute atomic E-state index is 0.0421. The van der Waals surface area contributed by atoms with Crippen LogP contribution in [0.2, 0.25) is 0 Å². The van der Waals surface area contributed by atoms with Gasteiger partial charge in [-0.25, -0.2) is 4.98 Å². The Bertz CT molecular complexity index is 1390. The number of carbonyl (C=O) groups excluding carboxylic acids is 1. The molecule has 1 N–H and O–H groups in total. The molecule has 0 unspecified atom stereocenters. The number of fused-ring (bicyclic) bond motifs is 2. The molecular weight excluding hydrogens is 492 g/mol. The number of aliphatic hydroxyl groups is 1. The molecule has 3 fully saturated rings. The fourth-order valence-corrected chi connectivity index (χ4v) is 6.83. The van der Waals surface area contributed by atoms with Crippen molar-refractivity contribution in [3.05, 3.63) is 48.0 Å². The molecule has 0 bridgehead atoms. The molecule has 3 aromatic rings. The molecule has 4 aliphatic rings. The lowest BCUT2D eigenvalue weighted by Crippen LogP contribution is -2.42. The monoisotopic (exact) mass is 528 g/mol. The van der Waals surface area contributed by atoms with Crippen LogP contribution in [0.3, 0.4) is 0 Å². The van der Waals surface area contributed by atoms with E-state index in [9.17, 15) is 9.90 Å². The fraction of sp³-hybridized carbons (Fsp3) is 0.484. The van der Waals surface area contributed by atoms with Gasteiger partial charge in [-0.05, 0) is 93.1 Å². The van der Waals surface area contributed by atoms with Crippen LogP contribution in [0.1, 0.15) is 48.9 Å². The van der Waals surface area contributed by atoms with Crippen LogP contribution in [0, 0.1) is 0 Å². The first-order valence-electron chi connectivity index (χ1n) is 14.4. The Hall–Kier alpha value is -3.36. The maximum absolute atomic E-state index is 14.3. The Labute approximate surface area is 229 Å². The van der Waals surface area contributed by atoms with Gasteiger partial charge in [0.25, 0.3) is 5.91 Å². The van der Waals surface area contributed by atoms with Gasteiger partial charge in [-0.1, -0.05) is 12.1 Å². The number of nitrogens with zero attached hydrogens (tertiary/aromatic N) is 4. The molecule has 2 aromatic carbocycles. The third kappa shape index (κ3) is 4.59. The predicted molar refractivity (Wildman–Crippen MR) is 150 cm³/mol. The lowest BCUT2D eigenvalue weighted by Gasteiger charge is -2.30. The minimum atomic E-state index is 0.0421. The van der Waals surface area contributed by atoms with Crippen LogP contribution in [0.25, 0.3) is 22.0 Å². The van der Waals surface area contributed by atoms with E-state index < -0.39 is 0 Å². The van der Waals surface area contributed by atoms with E-state index in [1.807, 2.05) is 30.3 Å². The number of rotatable bonds is 6. The maximum atomic E-state index is 14.3. The molecule has 1 aromatic heterocycles. The highest BCUT2D eigenvalue weighted by Gasteiger charge is 2.33. The van der Waals surface area contributed by atoms with Crippen molar-refractivity contribution in [3.8, 4) is 22.6 Å². The van der Waals surface area contributed by atoms with Crippen molar-refractivity contribution in [1.29, 1.82) is 0 Å². The number of aromatic nitrogens is 1. The van der Waals surface area contributed by atoms with E-state index in [4.69, 9.17) is 14.5 Å². The number of ether oxygens (including phenoxy) is 2. The van der Waals surface area contributed by atoms with Crippen molar-refractivity contribution in [2.45, 2.75) is 50.6 Å². The molecule has 7 rings (SSSR count). The molecule has 1 amide bonds.